The van der Waals surface area contributed by atoms with Gasteiger partial charge in [0.05, 0.1) is 5.69 Å². The second-order valence-corrected chi connectivity index (χ2v) is 6.26. The largest absolute Gasteiger partial charge is 0.482 e. The first-order valence-electron chi connectivity index (χ1n) is 8.17. The smallest absolute Gasteiger partial charge is 0.258 e. The lowest BCUT2D eigenvalue weighted by Gasteiger charge is -2.16. The third-order valence-electron chi connectivity index (χ3n) is 3.38. The Morgan fingerprint density at radius 1 is 1.13 bits per heavy atom. The summed E-state index contributed by atoms with van der Waals surface area (Å²) in [6, 6.07) is 7.20. The van der Waals surface area contributed by atoms with Gasteiger partial charge in [-0.05, 0) is 31.4 Å². The molecule has 0 aliphatic rings. The lowest BCUT2D eigenvalue weighted by Crippen LogP contribution is -2.36. The van der Waals surface area contributed by atoms with Crippen molar-refractivity contribution in [3.8, 4) is 5.75 Å². The lowest BCUT2D eigenvalue weighted by molar-refractivity contribution is -0.123. The standard InChI is InChI=1S/C18H28N2O3/c1-13(2)8-7-9-14(3)19-18(22)12-23-17-11-6-5-10-16(17)20-15(4)21/h5-6,10-11,13-14H,7-9,12H2,1-4H3,(H,19,22)(H,20,21)/t14-/m1/s1. The normalized spacial score (nSPS) is 11.9. The van der Waals surface area contributed by atoms with Gasteiger partial charge < -0.3 is 15.4 Å². The van der Waals surface area contributed by atoms with Gasteiger partial charge in [0, 0.05) is 13.0 Å². The molecule has 128 valence electrons. The third kappa shape index (κ3) is 8.24. The molecule has 1 aromatic rings. The van der Waals surface area contributed by atoms with Gasteiger partial charge in [-0.1, -0.05) is 38.8 Å². The maximum absolute atomic E-state index is 11.9. The molecule has 0 spiro atoms. The van der Waals surface area contributed by atoms with Crippen molar-refractivity contribution in [2.24, 2.45) is 5.92 Å². The number of rotatable bonds is 9. The highest BCUT2D eigenvalue weighted by atomic mass is 16.5. The highest BCUT2D eigenvalue weighted by Crippen LogP contribution is 2.23. The van der Waals surface area contributed by atoms with Crippen LogP contribution < -0.4 is 15.4 Å². The zero-order valence-corrected chi connectivity index (χ0v) is 14.5. The maximum atomic E-state index is 11.9. The van der Waals surface area contributed by atoms with Crippen molar-refractivity contribution >= 4 is 17.5 Å². The highest BCUT2D eigenvalue weighted by molar-refractivity contribution is 5.90. The number of hydrogen-bond acceptors (Lipinski definition) is 3. The Morgan fingerprint density at radius 2 is 1.83 bits per heavy atom. The molecule has 23 heavy (non-hydrogen) atoms. The topological polar surface area (TPSA) is 67.4 Å². The molecule has 0 saturated carbocycles. The summed E-state index contributed by atoms with van der Waals surface area (Å²) in [6.45, 7) is 7.77. The summed E-state index contributed by atoms with van der Waals surface area (Å²) in [4.78, 5) is 23.1. The first-order valence-corrected chi connectivity index (χ1v) is 8.17. The van der Waals surface area contributed by atoms with Crippen molar-refractivity contribution in [2.75, 3.05) is 11.9 Å². The Kier molecular flexibility index (Phi) is 8.16. The number of benzene rings is 1. The monoisotopic (exact) mass is 320 g/mol. The summed E-state index contributed by atoms with van der Waals surface area (Å²) < 4.78 is 5.52. The second-order valence-electron chi connectivity index (χ2n) is 6.26. The summed E-state index contributed by atoms with van der Waals surface area (Å²) in [5.41, 5.74) is 0.567. The highest BCUT2D eigenvalue weighted by Gasteiger charge is 2.10. The second kappa shape index (κ2) is 9.87. The minimum absolute atomic E-state index is 0.0644. The van der Waals surface area contributed by atoms with Gasteiger partial charge in [-0.15, -0.1) is 0 Å². The summed E-state index contributed by atoms with van der Waals surface area (Å²) in [5, 5.41) is 5.61. The van der Waals surface area contributed by atoms with Crippen molar-refractivity contribution in [3.63, 3.8) is 0 Å². The predicted molar refractivity (Wildman–Crippen MR) is 92.5 cm³/mol. The molecule has 2 amide bonds. The Balaban J connectivity index is 2.40. The molecule has 0 aliphatic carbocycles. The molecule has 0 bridgehead atoms. The van der Waals surface area contributed by atoms with E-state index < -0.39 is 0 Å². The number of anilines is 1. The molecule has 0 radical (unpaired) electrons. The molecule has 0 unspecified atom stereocenters. The van der Waals surface area contributed by atoms with Crippen molar-refractivity contribution in [3.05, 3.63) is 24.3 Å². The zero-order chi connectivity index (χ0) is 17.2. The fourth-order valence-electron chi connectivity index (χ4n) is 2.25. The zero-order valence-electron chi connectivity index (χ0n) is 14.5. The number of hydrogen-bond donors (Lipinski definition) is 2. The van der Waals surface area contributed by atoms with E-state index in [1.807, 2.05) is 6.92 Å². The van der Waals surface area contributed by atoms with E-state index in [-0.39, 0.29) is 24.5 Å². The number of amides is 2. The first kappa shape index (κ1) is 19.0. The van der Waals surface area contributed by atoms with Gasteiger partial charge in [-0.3, -0.25) is 9.59 Å². The van der Waals surface area contributed by atoms with Gasteiger partial charge in [0.1, 0.15) is 5.75 Å². The van der Waals surface area contributed by atoms with Crippen LogP contribution in [-0.4, -0.2) is 24.5 Å². The van der Waals surface area contributed by atoms with Crippen LogP contribution in [0, 0.1) is 5.92 Å². The van der Waals surface area contributed by atoms with Gasteiger partial charge >= 0.3 is 0 Å². The van der Waals surface area contributed by atoms with Gasteiger partial charge in [-0.2, -0.15) is 0 Å². The van der Waals surface area contributed by atoms with Crippen molar-refractivity contribution < 1.29 is 14.3 Å². The molecule has 1 aromatic carbocycles. The molecule has 0 fully saturated rings. The van der Waals surface area contributed by atoms with Crippen molar-refractivity contribution in [2.45, 2.75) is 53.0 Å². The Morgan fingerprint density at radius 3 is 2.48 bits per heavy atom. The van der Waals surface area contributed by atoms with Crippen LogP contribution in [0.5, 0.6) is 5.75 Å². The number of para-hydroxylation sites is 2. The van der Waals surface area contributed by atoms with E-state index >= 15 is 0 Å². The predicted octanol–water partition coefficient (Wildman–Crippen LogP) is 3.35. The van der Waals surface area contributed by atoms with Crippen LogP contribution in [0.2, 0.25) is 0 Å². The Labute approximate surface area is 138 Å². The average Bonchev–Trinajstić information content (AvgIpc) is 2.45. The van der Waals surface area contributed by atoms with Crippen LogP contribution >= 0.6 is 0 Å². The maximum Gasteiger partial charge on any atom is 0.258 e. The average molecular weight is 320 g/mol. The lowest BCUT2D eigenvalue weighted by atomic mass is 10.0. The van der Waals surface area contributed by atoms with E-state index in [1.54, 1.807) is 24.3 Å². The first-order chi connectivity index (χ1) is 10.9. The molecular formula is C18H28N2O3. The fourth-order valence-corrected chi connectivity index (χ4v) is 2.25. The van der Waals surface area contributed by atoms with Crippen LogP contribution in [0.25, 0.3) is 0 Å². The summed E-state index contributed by atoms with van der Waals surface area (Å²) >= 11 is 0. The van der Waals surface area contributed by atoms with E-state index in [0.717, 1.165) is 12.8 Å². The molecule has 0 saturated heterocycles. The van der Waals surface area contributed by atoms with Gasteiger partial charge in [0.2, 0.25) is 5.91 Å². The molecule has 2 N–H and O–H groups in total. The Hall–Kier alpha value is -2.04. The van der Waals surface area contributed by atoms with E-state index in [2.05, 4.69) is 24.5 Å². The van der Waals surface area contributed by atoms with E-state index in [4.69, 9.17) is 4.74 Å². The van der Waals surface area contributed by atoms with Crippen LogP contribution in [0.4, 0.5) is 5.69 Å². The molecule has 0 aliphatic heterocycles. The molecule has 5 nitrogen and oxygen atoms in total. The quantitative estimate of drug-likeness (QED) is 0.733. The van der Waals surface area contributed by atoms with Gasteiger partial charge in [-0.25, -0.2) is 0 Å². The molecule has 1 atom stereocenters. The minimum atomic E-state index is -0.177. The molecule has 5 heteroatoms. The fraction of sp³-hybridized carbons (Fsp3) is 0.556. The van der Waals surface area contributed by atoms with E-state index in [1.165, 1.54) is 13.3 Å². The summed E-state index contributed by atoms with van der Waals surface area (Å²) in [6.07, 6.45) is 3.23. The minimum Gasteiger partial charge on any atom is -0.482 e. The van der Waals surface area contributed by atoms with Crippen molar-refractivity contribution in [1.82, 2.24) is 5.32 Å². The molecular weight excluding hydrogens is 292 g/mol. The number of carbonyl (C=O) groups is 2. The number of carbonyl (C=O) groups excluding carboxylic acids is 2. The molecule has 1 rings (SSSR count). The summed E-state index contributed by atoms with van der Waals surface area (Å²) in [5.74, 6) is 0.848. The van der Waals surface area contributed by atoms with E-state index in [0.29, 0.717) is 17.4 Å². The summed E-state index contributed by atoms with van der Waals surface area (Å²) in [7, 11) is 0. The number of ether oxygens (including phenoxy) is 1. The molecule has 0 aromatic heterocycles. The van der Waals surface area contributed by atoms with Gasteiger partial charge in [0.15, 0.2) is 6.61 Å². The van der Waals surface area contributed by atoms with Crippen molar-refractivity contribution in [1.29, 1.82) is 0 Å². The van der Waals surface area contributed by atoms with E-state index in [9.17, 15) is 9.59 Å². The van der Waals surface area contributed by atoms with Crippen LogP contribution in [0.15, 0.2) is 24.3 Å². The number of nitrogens with one attached hydrogen (secondary N) is 2. The Bertz CT molecular complexity index is 515. The van der Waals surface area contributed by atoms with Crippen LogP contribution in [0.3, 0.4) is 0 Å². The van der Waals surface area contributed by atoms with Crippen LogP contribution in [0.1, 0.15) is 47.0 Å². The van der Waals surface area contributed by atoms with Crippen LogP contribution in [-0.2, 0) is 9.59 Å². The van der Waals surface area contributed by atoms with Gasteiger partial charge in [0.25, 0.3) is 5.91 Å². The third-order valence-corrected chi connectivity index (χ3v) is 3.38. The molecule has 0 heterocycles. The SMILES string of the molecule is CC(=O)Nc1ccccc1OCC(=O)N[C@H](C)CCCC(C)C.